The van der Waals surface area contributed by atoms with Gasteiger partial charge in [-0.1, -0.05) is 48.5 Å². The van der Waals surface area contributed by atoms with Crippen LogP contribution in [-0.2, 0) is 0 Å². The zero-order chi connectivity index (χ0) is 13.9. The highest BCUT2D eigenvalue weighted by molar-refractivity contribution is 5.99. The second-order valence-corrected chi connectivity index (χ2v) is 4.59. The van der Waals surface area contributed by atoms with Gasteiger partial charge < -0.3 is 0 Å². The summed E-state index contributed by atoms with van der Waals surface area (Å²) >= 11 is 0. The van der Waals surface area contributed by atoms with Crippen molar-refractivity contribution in [2.24, 2.45) is 0 Å². The van der Waals surface area contributed by atoms with Gasteiger partial charge in [0.1, 0.15) is 5.69 Å². The number of carbonyl (C=O) groups is 1. The van der Waals surface area contributed by atoms with Crippen LogP contribution in [0.25, 0.3) is 16.9 Å². The van der Waals surface area contributed by atoms with Crippen molar-refractivity contribution in [2.75, 3.05) is 0 Å². The van der Waals surface area contributed by atoms with Crippen LogP contribution in [0.4, 0.5) is 0 Å². The average Bonchev–Trinajstić information content (AvgIpc) is 2.94. The van der Waals surface area contributed by atoms with Crippen LogP contribution in [0.5, 0.6) is 0 Å². The van der Waals surface area contributed by atoms with E-state index >= 15 is 0 Å². The van der Waals surface area contributed by atoms with E-state index in [1.165, 1.54) is 0 Å². The fourth-order valence-electron chi connectivity index (χ4n) is 2.15. The predicted molar refractivity (Wildman–Crippen MR) is 79.0 cm³/mol. The summed E-state index contributed by atoms with van der Waals surface area (Å²) < 4.78 is 1.75. The molecule has 3 nitrogen and oxygen atoms in total. The third kappa shape index (κ3) is 2.26. The van der Waals surface area contributed by atoms with Gasteiger partial charge in [0.05, 0.1) is 11.3 Å². The van der Waals surface area contributed by atoms with Gasteiger partial charge in [-0.3, -0.25) is 4.79 Å². The zero-order valence-electron chi connectivity index (χ0n) is 11.2. The first-order valence-corrected chi connectivity index (χ1v) is 6.47. The smallest absolute Gasteiger partial charge is 0.163 e. The first-order chi connectivity index (χ1) is 9.75. The average molecular weight is 262 g/mol. The van der Waals surface area contributed by atoms with Crippen LogP contribution >= 0.6 is 0 Å². The molecule has 1 heterocycles. The molecule has 0 unspecified atom stereocenters. The van der Waals surface area contributed by atoms with E-state index < -0.39 is 0 Å². The largest absolute Gasteiger partial charge is 0.294 e. The molecule has 0 aliphatic rings. The van der Waals surface area contributed by atoms with Crippen LogP contribution in [0, 0.1) is 0 Å². The minimum Gasteiger partial charge on any atom is -0.294 e. The lowest BCUT2D eigenvalue weighted by Crippen LogP contribution is -1.93. The number of carbonyl (C=O) groups excluding carboxylic acids is 1. The van der Waals surface area contributed by atoms with E-state index in [0.717, 1.165) is 16.9 Å². The quantitative estimate of drug-likeness (QED) is 0.674. The number of aromatic nitrogens is 2. The molecule has 0 spiro atoms. The Morgan fingerprint density at radius 1 is 0.950 bits per heavy atom. The molecule has 0 saturated carbocycles. The molecule has 0 aliphatic heterocycles. The van der Waals surface area contributed by atoms with Gasteiger partial charge in [-0.25, -0.2) is 4.68 Å². The topological polar surface area (TPSA) is 34.9 Å². The summed E-state index contributed by atoms with van der Waals surface area (Å²) in [6, 6.07) is 19.6. The Morgan fingerprint density at radius 2 is 1.55 bits per heavy atom. The van der Waals surface area contributed by atoms with Gasteiger partial charge in [-0.15, -0.1) is 0 Å². The second-order valence-electron chi connectivity index (χ2n) is 4.59. The molecule has 0 fully saturated rings. The maximum Gasteiger partial charge on any atom is 0.163 e. The monoisotopic (exact) mass is 262 g/mol. The highest BCUT2D eigenvalue weighted by Gasteiger charge is 2.15. The van der Waals surface area contributed by atoms with Crippen molar-refractivity contribution in [2.45, 2.75) is 6.92 Å². The molecule has 0 atom stereocenters. The Hall–Kier alpha value is -2.68. The van der Waals surface area contributed by atoms with Gasteiger partial charge in [0.15, 0.2) is 5.78 Å². The lowest BCUT2D eigenvalue weighted by molar-refractivity contribution is 0.101. The van der Waals surface area contributed by atoms with Crippen molar-refractivity contribution in [1.29, 1.82) is 0 Å². The maximum absolute atomic E-state index is 11.8. The summed E-state index contributed by atoms with van der Waals surface area (Å²) in [5, 5.41) is 4.57. The van der Waals surface area contributed by atoms with Crippen LogP contribution < -0.4 is 0 Å². The number of benzene rings is 2. The summed E-state index contributed by atoms with van der Waals surface area (Å²) in [6.45, 7) is 1.57. The fourth-order valence-corrected chi connectivity index (χ4v) is 2.15. The molecule has 1 aromatic heterocycles. The van der Waals surface area contributed by atoms with E-state index in [-0.39, 0.29) is 5.78 Å². The Labute approximate surface area is 117 Å². The van der Waals surface area contributed by atoms with Crippen LogP contribution in [0.1, 0.15) is 17.3 Å². The van der Waals surface area contributed by atoms with E-state index in [9.17, 15) is 4.79 Å². The number of para-hydroxylation sites is 1. The minimum atomic E-state index is 0.0195. The van der Waals surface area contributed by atoms with Gasteiger partial charge in [0, 0.05) is 11.8 Å². The van der Waals surface area contributed by atoms with E-state index in [4.69, 9.17) is 0 Å². The minimum absolute atomic E-state index is 0.0195. The SMILES string of the molecule is CC(=O)c1cn(-c2ccccc2)nc1-c1ccccc1. The second kappa shape index (κ2) is 5.13. The highest BCUT2D eigenvalue weighted by Crippen LogP contribution is 2.23. The third-order valence-electron chi connectivity index (χ3n) is 3.16. The van der Waals surface area contributed by atoms with E-state index in [0.29, 0.717) is 5.56 Å². The number of Topliss-reactive ketones (excluding diaryl/α,β-unsaturated/α-hetero) is 1. The number of nitrogens with zero attached hydrogens (tertiary/aromatic N) is 2. The first kappa shape index (κ1) is 12.4. The van der Waals surface area contributed by atoms with Crippen molar-refractivity contribution in [3.05, 3.63) is 72.4 Å². The lowest BCUT2D eigenvalue weighted by atomic mass is 10.1. The van der Waals surface area contributed by atoms with Gasteiger partial charge in [-0.05, 0) is 19.1 Å². The molecule has 0 N–H and O–H groups in total. The number of hydrogen-bond donors (Lipinski definition) is 0. The first-order valence-electron chi connectivity index (χ1n) is 6.47. The molecule has 3 heteroatoms. The van der Waals surface area contributed by atoms with Crippen LogP contribution in [0.3, 0.4) is 0 Å². The van der Waals surface area contributed by atoms with Crippen molar-refractivity contribution in [3.63, 3.8) is 0 Å². The van der Waals surface area contributed by atoms with Crippen LogP contribution in [0.15, 0.2) is 66.9 Å². The van der Waals surface area contributed by atoms with E-state index in [1.54, 1.807) is 17.8 Å². The summed E-state index contributed by atoms with van der Waals surface area (Å²) in [7, 11) is 0. The summed E-state index contributed by atoms with van der Waals surface area (Å²) in [5.74, 6) is 0.0195. The molecule has 0 radical (unpaired) electrons. The summed E-state index contributed by atoms with van der Waals surface area (Å²) in [5.41, 5.74) is 3.26. The van der Waals surface area contributed by atoms with Gasteiger partial charge >= 0.3 is 0 Å². The standard InChI is InChI=1S/C17H14N2O/c1-13(20)16-12-19(15-10-6-3-7-11-15)18-17(16)14-8-4-2-5-9-14/h2-12H,1H3. The Morgan fingerprint density at radius 3 is 2.15 bits per heavy atom. The molecule has 0 saturated heterocycles. The molecule has 0 aliphatic carbocycles. The molecular weight excluding hydrogens is 248 g/mol. The van der Waals surface area contributed by atoms with Gasteiger partial charge in [0.2, 0.25) is 0 Å². The van der Waals surface area contributed by atoms with Crippen molar-refractivity contribution in [1.82, 2.24) is 9.78 Å². The van der Waals surface area contributed by atoms with Crippen LogP contribution in [0.2, 0.25) is 0 Å². The summed E-state index contributed by atoms with van der Waals surface area (Å²) in [4.78, 5) is 11.8. The molecule has 2 aromatic carbocycles. The zero-order valence-corrected chi connectivity index (χ0v) is 11.2. The van der Waals surface area contributed by atoms with Crippen molar-refractivity contribution in [3.8, 4) is 16.9 Å². The Kier molecular flexibility index (Phi) is 3.17. The van der Waals surface area contributed by atoms with E-state index in [2.05, 4.69) is 5.10 Å². The molecule has 0 bridgehead atoms. The molecule has 3 rings (SSSR count). The molecule has 0 amide bonds. The molecule has 20 heavy (non-hydrogen) atoms. The maximum atomic E-state index is 11.8. The number of ketones is 1. The molecule has 3 aromatic rings. The molecular formula is C17H14N2O. The van der Waals surface area contributed by atoms with Crippen LogP contribution in [-0.4, -0.2) is 15.6 Å². The fraction of sp³-hybridized carbons (Fsp3) is 0.0588. The van der Waals surface area contributed by atoms with Gasteiger partial charge in [-0.2, -0.15) is 5.10 Å². The predicted octanol–water partition coefficient (Wildman–Crippen LogP) is 3.74. The number of hydrogen-bond acceptors (Lipinski definition) is 2. The summed E-state index contributed by atoms with van der Waals surface area (Å²) in [6.07, 6.45) is 1.79. The van der Waals surface area contributed by atoms with E-state index in [1.807, 2.05) is 60.7 Å². The Balaban J connectivity index is 2.15. The molecule has 98 valence electrons. The van der Waals surface area contributed by atoms with Crippen molar-refractivity contribution < 1.29 is 4.79 Å². The normalized spacial score (nSPS) is 10.4. The highest BCUT2D eigenvalue weighted by atomic mass is 16.1. The third-order valence-corrected chi connectivity index (χ3v) is 3.16. The number of rotatable bonds is 3. The lowest BCUT2D eigenvalue weighted by Gasteiger charge is -2.00. The van der Waals surface area contributed by atoms with Gasteiger partial charge in [0.25, 0.3) is 0 Å². The Bertz CT molecular complexity index is 730. The van der Waals surface area contributed by atoms with Crippen molar-refractivity contribution >= 4 is 5.78 Å².